The van der Waals surface area contributed by atoms with Gasteiger partial charge in [0.15, 0.2) is 0 Å². The number of amides is 1. The van der Waals surface area contributed by atoms with Crippen LogP contribution in [-0.2, 0) is 4.79 Å². The molecule has 3 N–H and O–H groups in total. The lowest BCUT2D eigenvalue weighted by molar-refractivity contribution is -0.133. The molecule has 0 radical (unpaired) electrons. The molecule has 2 heterocycles. The molecule has 0 bridgehead atoms. The minimum Gasteiger partial charge on any atom is -0.477 e. The van der Waals surface area contributed by atoms with Gasteiger partial charge in [0.1, 0.15) is 11.3 Å². The topological polar surface area (TPSA) is 93.6 Å². The quantitative estimate of drug-likeness (QED) is 0.802. The molecule has 1 unspecified atom stereocenters. The largest absolute Gasteiger partial charge is 0.477 e. The van der Waals surface area contributed by atoms with Gasteiger partial charge in [0, 0.05) is 29.6 Å². The maximum absolute atomic E-state index is 12.3. The van der Waals surface area contributed by atoms with Gasteiger partial charge >= 0.3 is 5.97 Å². The number of carbonyl (C=O) groups excluding carboxylic acids is 1. The van der Waals surface area contributed by atoms with Crippen LogP contribution in [-0.4, -0.2) is 39.2 Å². The second-order valence-corrected chi connectivity index (χ2v) is 5.35. The van der Waals surface area contributed by atoms with Gasteiger partial charge in [-0.1, -0.05) is 6.92 Å². The summed E-state index contributed by atoms with van der Waals surface area (Å²) in [5.74, 6) is -1.32. The Labute approximate surface area is 121 Å². The second kappa shape index (κ2) is 4.60. The number of nitrogens with zero attached hydrogens (tertiary/aromatic N) is 1. The highest BCUT2D eigenvalue weighted by atomic mass is 16.4. The predicted molar refractivity (Wildman–Crippen MR) is 77.5 cm³/mol. The number of rotatable bonds is 3. The van der Waals surface area contributed by atoms with Crippen LogP contribution in [0, 0.1) is 0 Å². The fourth-order valence-electron chi connectivity index (χ4n) is 2.73. The number of nitrogens with one attached hydrogen (secondary N) is 1. The van der Waals surface area contributed by atoms with Crippen molar-refractivity contribution in [2.24, 2.45) is 0 Å². The highest BCUT2D eigenvalue weighted by Crippen LogP contribution is 2.32. The van der Waals surface area contributed by atoms with Crippen molar-refractivity contribution in [2.45, 2.75) is 25.4 Å². The molecule has 3 rings (SSSR count). The van der Waals surface area contributed by atoms with Crippen molar-refractivity contribution in [3.05, 3.63) is 30.0 Å². The standard InChI is InChI=1S/C15H16N2O4/c1-2-15(21)5-6-17(14(15)20)10-3-4-11-9(7-10)8-12(16-11)13(18)19/h3-4,7-8,16,21H,2,5-6H2,1H3,(H,18,19). The number of anilines is 1. The molecule has 0 saturated carbocycles. The molecule has 1 amide bonds. The maximum Gasteiger partial charge on any atom is 0.352 e. The van der Waals surface area contributed by atoms with Gasteiger partial charge < -0.3 is 20.1 Å². The molecule has 1 fully saturated rings. The van der Waals surface area contributed by atoms with E-state index in [2.05, 4.69) is 4.98 Å². The Kier molecular flexibility index (Phi) is 2.98. The molecule has 2 aromatic rings. The number of benzene rings is 1. The number of carbonyl (C=O) groups is 2. The molecule has 1 atom stereocenters. The highest BCUT2D eigenvalue weighted by Gasteiger charge is 2.44. The van der Waals surface area contributed by atoms with E-state index >= 15 is 0 Å². The number of hydrogen-bond donors (Lipinski definition) is 3. The molecule has 0 spiro atoms. The Bertz CT molecular complexity index is 736. The van der Waals surface area contributed by atoms with Crippen LogP contribution < -0.4 is 4.90 Å². The fourth-order valence-corrected chi connectivity index (χ4v) is 2.73. The Morgan fingerprint density at radius 3 is 2.81 bits per heavy atom. The lowest BCUT2D eigenvalue weighted by Crippen LogP contribution is -2.39. The Balaban J connectivity index is 1.98. The van der Waals surface area contributed by atoms with Crippen LogP contribution in [0.1, 0.15) is 30.3 Å². The van der Waals surface area contributed by atoms with Crippen LogP contribution >= 0.6 is 0 Å². The molecule has 6 heteroatoms. The van der Waals surface area contributed by atoms with Crippen molar-refractivity contribution >= 4 is 28.5 Å². The van der Waals surface area contributed by atoms with Crippen molar-refractivity contribution in [3.8, 4) is 0 Å². The molecule has 1 aliphatic rings. The molecular formula is C15H16N2O4. The average molecular weight is 288 g/mol. The molecule has 1 aromatic carbocycles. The lowest BCUT2D eigenvalue weighted by Gasteiger charge is -2.21. The van der Waals surface area contributed by atoms with Crippen LogP contribution in [0.4, 0.5) is 5.69 Å². The van der Waals surface area contributed by atoms with E-state index in [1.807, 2.05) is 0 Å². The number of aliphatic hydroxyl groups is 1. The first kappa shape index (κ1) is 13.6. The summed E-state index contributed by atoms with van der Waals surface area (Å²) in [7, 11) is 0. The third kappa shape index (κ3) is 2.08. The first-order valence-corrected chi connectivity index (χ1v) is 6.85. The van der Waals surface area contributed by atoms with E-state index in [1.54, 1.807) is 30.0 Å². The zero-order valence-corrected chi connectivity index (χ0v) is 11.6. The van der Waals surface area contributed by atoms with Crippen LogP contribution in [0.15, 0.2) is 24.3 Å². The number of fused-ring (bicyclic) bond motifs is 1. The van der Waals surface area contributed by atoms with Crippen molar-refractivity contribution in [3.63, 3.8) is 0 Å². The van der Waals surface area contributed by atoms with Crippen molar-refractivity contribution in [1.82, 2.24) is 4.98 Å². The van der Waals surface area contributed by atoms with Gasteiger partial charge in [-0.05, 0) is 30.7 Å². The van der Waals surface area contributed by atoms with Gasteiger partial charge in [0.25, 0.3) is 5.91 Å². The number of carboxylic acids is 1. The summed E-state index contributed by atoms with van der Waals surface area (Å²) < 4.78 is 0. The van der Waals surface area contributed by atoms with Gasteiger partial charge in [0.05, 0.1) is 0 Å². The van der Waals surface area contributed by atoms with Gasteiger partial charge in [-0.2, -0.15) is 0 Å². The highest BCUT2D eigenvalue weighted by molar-refractivity contribution is 6.03. The summed E-state index contributed by atoms with van der Waals surface area (Å²) in [5, 5.41) is 19.9. The van der Waals surface area contributed by atoms with Gasteiger partial charge in [-0.3, -0.25) is 4.79 Å². The number of aromatic amines is 1. The summed E-state index contributed by atoms with van der Waals surface area (Å²) >= 11 is 0. The van der Waals surface area contributed by atoms with E-state index in [0.29, 0.717) is 30.6 Å². The molecule has 1 aromatic heterocycles. The normalized spacial score (nSPS) is 22.2. The first-order chi connectivity index (χ1) is 9.94. The number of hydrogen-bond acceptors (Lipinski definition) is 3. The summed E-state index contributed by atoms with van der Waals surface area (Å²) in [6.07, 6.45) is 0.797. The van der Waals surface area contributed by atoms with Crippen LogP contribution in [0.2, 0.25) is 0 Å². The molecule has 6 nitrogen and oxygen atoms in total. The molecule has 21 heavy (non-hydrogen) atoms. The fraction of sp³-hybridized carbons (Fsp3) is 0.333. The van der Waals surface area contributed by atoms with Crippen LogP contribution in [0.25, 0.3) is 10.9 Å². The summed E-state index contributed by atoms with van der Waals surface area (Å²) in [4.78, 5) is 27.6. The first-order valence-electron chi connectivity index (χ1n) is 6.85. The van der Waals surface area contributed by atoms with E-state index in [4.69, 9.17) is 5.11 Å². The smallest absolute Gasteiger partial charge is 0.352 e. The molecular weight excluding hydrogens is 272 g/mol. The molecule has 110 valence electrons. The van der Waals surface area contributed by atoms with E-state index in [9.17, 15) is 14.7 Å². The Hall–Kier alpha value is -2.34. The van der Waals surface area contributed by atoms with Crippen LogP contribution in [0.3, 0.4) is 0 Å². The van der Waals surface area contributed by atoms with Gasteiger partial charge in [-0.25, -0.2) is 4.79 Å². The SMILES string of the molecule is CCC1(O)CCN(c2ccc3[nH]c(C(=O)O)cc3c2)C1=O. The second-order valence-electron chi connectivity index (χ2n) is 5.35. The zero-order chi connectivity index (χ0) is 15.2. The van der Waals surface area contributed by atoms with E-state index in [1.165, 1.54) is 6.07 Å². The average Bonchev–Trinajstić information content (AvgIpc) is 3.01. The summed E-state index contributed by atoms with van der Waals surface area (Å²) in [5.41, 5.74) is 0.209. The monoisotopic (exact) mass is 288 g/mol. The molecule has 1 saturated heterocycles. The Morgan fingerprint density at radius 2 is 2.19 bits per heavy atom. The van der Waals surface area contributed by atoms with Crippen LogP contribution in [0.5, 0.6) is 0 Å². The third-order valence-corrected chi connectivity index (χ3v) is 4.12. The van der Waals surface area contributed by atoms with E-state index in [-0.39, 0.29) is 11.6 Å². The molecule has 0 aliphatic carbocycles. The Morgan fingerprint density at radius 1 is 1.43 bits per heavy atom. The van der Waals surface area contributed by atoms with Gasteiger partial charge in [0.2, 0.25) is 0 Å². The number of aromatic carboxylic acids is 1. The minimum atomic E-state index is -1.28. The summed E-state index contributed by atoms with van der Waals surface area (Å²) in [6.45, 7) is 2.25. The molecule has 1 aliphatic heterocycles. The summed E-state index contributed by atoms with van der Waals surface area (Å²) in [6, 6.07) is 6.79. The number of H-pyrrole nitrogens is 1. The lowest BCUT2D eigenvalue weighted by atomic mass is 9.99. The van der Waals surface area contributed by atoms with Crippen molar-refractivity contribution in [2.75, 3.05) is 11.4 Å². The number of carboxylic acid groups (broad SMARTS) is 1. The number of aromatic nitrogens is 1. The third-order valence-electron chi connectivity index (χ3n) is 4.12. The predicted octanol–water partition coefficient (Wildman–Crippen LogP) is 1.74. The van der Waals surface area contributed by atoms with E-state index < -0.39 is 11.6 Å². The maximum atomic E-state index is 12.3. The van der Waals surface area contributed by atoms with Crippen molar-refractivity contribution in [1.29, 1.82) is 0 Å². The van der Waals surface area contributed by atoms with E-state index in [0.717, 1.165) is 5.39 Å². The minimum absolute atomic E-state index is 0.111. The zero-order valence-electron chi connectivity index (χ0n) is 11.6. The van der Waals surface area contributed by atoms with Crippen molar-refractivity contribution < 1.29 is 19.8 Å². The van der Waals surface area contributed by atoms with Gasteiger partial charge in [-0.15, -0.1) is 0 Å².